The lowest BCUT2D eigenvalue weighted by Gasteiger charge is -2.15. The number of hydrogen-bond acceptors (Lipinski definition) is 4. The van der Waals surface area contributed by atoms with Gasteiger partial charge in [0.1, 0.15) is 6.61 Å². The van der Waals surface area contributed by atoms with Crippen molar-refractivity contribution in [3.63, 3.8) is 0 Å². The summed E-state index contributed by atoms with van der Waals surface area (Å²) in [5, 5.41) is 3.39. The van der Waals surface area contributed by atoms with Crippen molar-refractivity contribution < 1.29 is 9.47 Å². The van der Waals surface area contributed by atoms with Gasteiger partial charge in [-0.15, -0.1) is 0 Å². The predicted molar refractivity (Wildman–Crippen MR) is 82.5 cm³/mol. The number of imidazole rings is 1. The van der Waals surface area contributed by atoms with Crippen molar-refractivity contribution in [3.05, 3.63) is 42.0 Å². The Kier molecular flexibility index (Phi) is 5.63. The zero-order valence-corrected chi connectivity index (χ0v) is 12.9. The summed E-state index contributed by atoms with van der Waals surface area (Å²) in [7, 11) is 3.62. The lowest BCUT2D eigenvalue weighted by atomic mass is 10.2. The van der Waals surface area contributed by atoms with E-state index >= 15 is 0 Å². The Labute approximate surface area is 125 Å². The van der Waals surface area contributed by atoms with Gasteiger partial charge in [-0.3, -0.25) is 0 Å². The molecule has 2 aromatic rings. The second kappa shape index (κ2) is 7.69. The summed E-state index contributed by atoms with van der Waals surface area (Å²) in [6.45, 7) is 4.38. The Hall–Kier alpha value is -2.01. The maximum atomic E-state index is 5.99. The van der Waals surface area contributed by atoms with Crippen LogP contribution in [0.3, 0.4) is 0 Å². The fraction of sp³-hybridized carbons (Fsp3) is 0.438. The quantitative estimate of drug-likeness (QED) is 0.759. The summed E-state index contributed by atoms with van der Waals surface area (Å²) >= 11 is 0. The minimum absolute atomic E-state index is 0.470. The summed E-state index contributed by atoms with van der Waals surface area (Å²) in [4.78, 5) is 4.10. The first-order valence-corrected chi connectivity index (χ1v) is 7.20. The number of nitrogens with zero attached hydrogens (tertiary/aromatic N) is 2. The van der Waals surface area contributed by atoms with Gasteiger partial charge in [0, 0.05) is 19.2 Å². The van der Waals surface area contributed by atoms with E-state index in [1.807, 2.05) is 29.9 Å². The fourth-order valence-electron chi connectivity index (χ4n) is 2.09. The average molecular weight is 289 g/mol. The van der Waals surface area contributed by atoms with Gasteiger partial charge in [-0.25, -0.2) is 4.98 Å². The highest BCUT2D eigenvalue weighted by atomic mass is 16.5. The molecule has 21 heavy (non-hydrogen) atoms. The second-order valence-electron chi connectivity index (χ2n) is 4.91. The third-order valence-corrected chi connectivity index (χ3v) is 3.30. The van der Waals surface area contributed by atoms with Crippen LogP contribution in [0.25, 0.3) is 0 Å². The molecule has 0 bridgehead atoms. The minimum Gasteiger partial charge on any atom is -0.493 e. The Morgan fingerprint density at radius 3 is 2.86 bits per heavy atom. The van der Waals surface area contributed by atoms with Gasteiger partial charge in [0.05, 0.1) is 25.3 Å². The van der Waals surface area contributed by atoms with Crippen LogP contribution in [0.5, 0.6) is 11.5 Å². The highest BCUT2D eigenvalue weighted by Gasteiger charge is 2.11. The predicted octanol–water partition coefficient (Wildman–Crippen LogP) is 2.51. The van der Waals surface area contributed by atoms with E-state index in [2.05, 4.69) is 23.3 Å². The van der Waals surface area contributed by atoms with Crippen LogP contribution in [0, 0.1) is 0 Å². The molecular weight excluding hydrogens is 266 g/mol. The SMILES string of the molecule is CCCNCc1cccc(OC)c1OCc1cncn1C. The molecule has 0 aliphatic rings. The zero-order chi connectivity index (χ0) is 15.1. The Morgan fingerprint density at radius 2 is 2.19 bits per heavy atom. The van der Waals surface area contributed by atoms with E-state index in [1.54, 1.807) is 13.4 Å². The minimum atomic E-state index is 0.470. The number of ether oxygens (including phenoxy) is 2. The third-order valence-electron chi connectivity index (χ3n) is 3.30. The van der Waals surface area contributed by atoms with E-state index in [4.69, 9.17) is 9.47 Å². The normalized spacial score (nSPS) is 10.6. The molecule has 1 aromatic carbocycles. The van der Waals surface area contributed by atoms with Crippen molar-refractivity contribution in [1.82, 2.24) is 14.9 Å². The van der Waals surface area contributed by atoms with Crippen LogP contribution in [-0.4, -0.2) is 23.2 Å². The van der Waals surface area contributed by atoms with Crippen molar-refractivity contribution in [2.24, 2.45) is 7.05 Å². The largest absolute Gasteiger partial charge is 0.493 e. The first-order valence-electron chi connectivity index (χ1n) is 7.20. The van der Waals surface area contributed by atoms with E-state index in [9.17, 15) is 0 Å². The summed E-state index contributed by atoms with van der Waals surface area (Å²) in [6.07, 6.45) is 4.68. The summed E-state index contributed by atoms with van der Waals surface area (Å²) < 4.78 is 13.4. The van der Waals surface area contributed by atoms with Gasteiger partial charge in [0.25, 0.3) is 0 Å². The number of nitrogens with one attached hydrogen (secondary N) is 1. The van der Waals surface area contributed by atoms with E-state index < -0.39 is 0 Å². The molecule has 1 aromatic heterocycles. The van der Waals surface area contributed by atoms with Crippen molar-refractivity contribution in [2.45, 2.75) is 26.5 Å². The average Bonchev–Trinajstić information content (AvgIpc) is 2.91. The number of hydrogen-bond donors (Lipinski definition) is 1. The number of rotatable bonds is 8. The molecule has 0 saturated heterocycles. The van der Waals surface area contributed by atoms with Gasteiger partial charge < -0.3 is 19.4 Å². The maximum Gasteiger partial charge on any atom is 0.166 e. The molecular formula is C16H23N3O2. The van der Waals surface area contributed by atoms with Crippen molar-refractivity contribution in [3.8, 4) is 11.5 Å². The molecule has 5 heteroatoms. The molecule has 0 amide bonds. The highest BCUT2D eigenvalue weighted by molar-refractivity contribution is 5.46. The van der Waals surface area contributed by atoms with Crippen LogP contribution in [0.4, 0.5) is 0 Å². The van der Waals surface area contributed by atoms with Gasteiger partial charge in [0.15, 0.2) is 11.5 Å². The molecule has 2 rings (SSSR count). The summed E-state index contributed by atoms with van der Waals surface area (Å²) in [6, 6.07) is 5.96. The van der Waals surface area contributed by atoms with Gasteiger partial charge in [0.2, 0.25) is 0 Å². The molecule has 0 aliphatic carbocycles. The first kappa shape index (κ1) is 15.4. The van der Waals surface area contributed by atoms with Crippen LogP contribution in [0.15, 0.2) is 30.7 Å². The number of aromatic nitrogens is 2. The van der Waals surface area contributed by atoms with Crippen LogP contribution in [-0.2, 0) is 20.2 Å². The van der Waals surface area contributed by atoms with Crippen LogP contribution >= 0.6 is 0 Å². The second-order valence-corrected chi connectivity index (χ2v) is 4.91. The van der Waals surface area contributed by atoms with E-state index in [-0.39, 0.29) is 0 Å². The van der Waals surface area contributed by atoms with Crippen molar-refractivity contribution in [1.29, 1.82) is 0 Å². The van der Waals surface area contributed by atoms with Gasteiger partial charge >= 0.3 is 0 Å². The number of para-hydroxylation sites is 1. The Bertz CT molecular complexity index is 566. The molecule has 0 fully saturated rings. The highest BCUT2D eigenvalue weighted by Crippen LogP contribution is 2.31. The first-order chi connectivity index (χ1) is 10.3. The van der Waals surface area contributed by atoms with Gasteiger partial charge in [-0.05, 0) is 19.0 Å². The molecule has 0 atom stereocenters. The monoisotopic (exact) mass is 289 g/mol. The maximum absolute atomic E-state index is 5.99. The molecule has 0 saturated carbocycles. The molecule has 0 spiro atoms. The molecule has 0 radical (unpaired) electrons. The number of benzene rings is 1. The Balaban J connectivity index is 2.12. The molecule has 0 unspecified atom stereocenters. The zero-order valence-electron chi connectivity index (χ0n) is 12.9. The summed E-state index contributed by atoms with van der Waals surface area (Å²) in [5.41, 5.74) is 2.12. The molecule has 0 aliphatic heterocycles. The van der Waals surface area contributed by atoms with Gasteiger partial charge in [-0.1, -0.05) is 19.1 Å². The molecule has 1 N–H and O–H groups in total. The van der Waals surface area contributed by atoms with E-state index in [0.29, 0.717) is 6.61 Å². The standard InChI is InChI=1S/C16H23N3O2/c1-4-8-17-9-13-6-5-7-15(20-3)16(13)21-11-14-10-18-12-19(14)2/h5-7,10,12,17H,4,8-9,11H2,1-3H3. The third kappa shape index (κ3) is 3.98. The number of methoxy groups -OCH3 is 1. The molecule has 1 heterocycles. The smallest absolute Gasteiger partial charge is 0.166 e. The summed E-state index contributed by atoms with van der Waals surface area (Å²) in [5.74, 6) is 1.55. The van der Waals surface area contributed by atoms with Gasteiger partial charge in [-0.2, -0.15) is 0 Å². The fourth-order valence-corrected chi connectivity index (χ4v) is 2.09. The Morgan fingerprint density at radius 1 is 1.33 bits per heavy atom. The van der Waals surface area contributed by atoms with Crippen LogP contribution in [0.2, 0.25) is 0 Å². The number of aryl methyl sites for hydroxylation is 1. The van der Waals surface area contributed by atoms with Crippen LogP contribution in [0.1, 0.15) is 24.6 Å². The van der Waals surface area contributed by atoms with E-state index in [0.717, 1.165) is 42.3 Å². The van der Waals surface area contributed by atoms with E-state index in [1.165, 1.54) is 0 Å². The molecule has 114 valence electrons. The lowest BCUT2D eigenvalue weighted by molar-refractivity contribution is 0.273. The van der Waals surface area contributed by atoms with Crippen molar-refractivity contribution >= 4 is 0 Å². The molecule has 5 nitrogen and oxygen atoms in total. The van der Waals surface area contributed by atoms with Crippen LogP contribution < -0.4 is 14.8 Å². The van der Waals surface area contributed by atoms with Crippen molar-refractivity contribution in [2.75, 3.05) is 13.7 Å². The topological polar surface area (TPSA) is 48.3 Å². The lowest BCUT2D eigenvalue weighted by Crippen LogP contribution is -2.15.